The number of allylic oxidation sites excluding steroid dienone is 7. The average molecular weight is 539 g/mol. The monoisotopic (exact) mass is 538 g/mol. The highest BCUT2D eigenvalue weighted by Gasteiger charge is 2.23. The Morgan fingerprint density at radius 1 is 1.00 bits per heavy atom. The van der Waals surface area contributed by atoms with Crippen molar-refractivity contribution in [1.29, 1.82) is 0 Å². The van der Waals surface area contributed by atoms with Crippen molar-refractivity contribution in [2.24, 2.45) is 4.99 Å². The minimum Gasteiger partial charge on any atom is -0.285 e. The molecule has 0 amide bonds. The van der Waals surface area contributed by atoms with Gasteiger partial charge in [0.05, 0.1) is 6.04 Å². The van der Waals surface area contributed by atoms with Gasteiger partial charge in [0.2, 0.25) is 0 Å². The maximum Gasteiger partial charge on any atom is 0.0677 e. The molecular formula is C38H54N2. The summed E-state index contributed by atoms with van der Waals surface area (Å²) >= 11 is 0. The number of unbranched alkanes of at least 4 members (excludes halogenated alkanes) is 1. The SMILES string of the molecule is C=C/C=C(C)\C=C/CC1CC(C=NC(C=C)CCC)=C(C)c2ccccc21.CCCC.CCCc1ccccn1. The van der Waals surface area contributed by atoms with Crippen LogP contribution in [0.3, 0.4) is 0 Å². The predicted octanol–water partition coefficient (Wildman–Crippen LogP) is 11.3. The van der Waals surface area contributed by atoms with Crippen LogP contribution in [0.4, 0.5) is 0 Å². The average Bonchev–Trinajstić information content (AvgIpc) is 2.98. The number of rotatable bonds is 12. The first-order valence-electron chi connectivity index (χ1n) is 15.3. The first kappa shape index (κ1) is 34.8. The van der Waals surface area contributed by atoms with Crippen molar-refractivity contribution in [2.75, 3.05) is 0 Å². The van der Waals surface area contributed by atoms with Gasteiger partial charge in [-0.3, -0.25) is 9.98 Å². The molecule has 0 spiro atoms. The van der Waals surface area contributed by atoms with E-state index in [1.165, 1.54) is 52.8 Å². The van der Waals surface area contributed by atoms with E-state index in [0.29, 0.717) is 5.92 Å². The molecule has 1 aliphatic carbocycles. The van der Waals surface area contributed by atoms with Crippen LogP contribution >= 0.6 is 0 Å². The summed E-state index contributed by atoms with van der Waals surface area (Å²) in [6.07, 6.45) is 23.4. The molecule has 40 heavy (non-hydrogen) atoms. The molecule has 2 heteroatoms. The second kappa shape index (κ2) is 21.5. The molecular weight excluding hydrogens is 484 g/mol. The quantitative estimate of drug-likeness (QED) is 0.150. The van der Waals surface area contributed by atoms with Gasteiger partial charge in [-0.1, -0.05) is 126 Å². The maximum absolute atomic E-state index is 4.81. The summed E-state index contributed by atoms with van der Waals surface area (Å²) in [7, 11) is 0. The molecule has 2 unspecified atom stereocenters. The van der Waals surface area contributed by atoms with E-state index in [-0.39, 0.29) is 6.04 Å². The summed E-state index contributed by atoms with van der Waals surface area (Å²) in [5.74, 6) is 0.493. The van der Waals surface area contributed by atoms with Crippen molar-refractivity contribution >= 4 is 11.8 Å². The fourth-order valence-electron chi connectivity index (χ4n) is 4.45. The van der Waals surface area contributed by atoms with Crippen molar-refractivity contribution in [3.8, 4) is 0 Å². The Balaban J connectivity index is 0.000000506. The van der Waals surface area contributed by atoms with Crippen molar-refractivity contribution in [3.05, 3.63) is 120 Å². The molecule has 0 aliphatic heterocycles. The molecule has 0 saturated carbocycles. The zero-order valence-electron chi connectivity index (χ0n) is 26.2. The molecule has 3 rings (SSSR count). The van der Waals surface area contributed by atoms with Crippen molar-refractivity contribution < 1.29 is 0 Å². The fourth-order valence-corrected chi connectivity index (χ4v) is 4.45. The first-order valence-corrected chi connectivity index (χ1v) is 15.3. The second-order valence-corrected chi connectivity index (χ2v) is 10.4. The van der Waals surface area contributed by atoms with Gasteiger partial charge in [0.25, 0.3) is 0 Å². The Morgan fingerprint density at radius 2 is 1.73 bits per heavy atom. The van der Waals surface area contributed by atoms with Crippen LogP contribution in [-0.2, 0) is 6.42 Å². The fraction of sp³-hybridized carbons (Fsp3) is 0.421. The van der Waals surface area contributed by atoms with Gasteiger partial charge in [-0.05, 0) is 79.9 Å². The number of aromatic nitrogens is 1. The molecule has 0 saturated heterocycles. The number of fused-ring (bicyclic) bond motifs is 1. The predicted molar refractivity (Wildman–Crippen MR) is 180 cm³/mol. The lowest BCUT2D eigenvalue weighted by Crippen LogP contribution is -2.11. The topological polar surface area (TPSA) is 25.2 Å². The van der Waals surface area contributed by atoms with Crippen LogP contribution in [0.1, 0.15) is 109 Å². The van der Waals surface area contributed by atoms with Gasteiger partial charge in [-0.2, -0.15) is 0 Å². The maximum atomic E-state index is 4.81. The van der Waals surface area contributed by atoms with Crippen LogP contribution in [0.2, 0.25) is 0 Å². The molecule has 0 fully saturated rings. The Kier molecular flexibility index (Phi) is 18.7. The lowest BCUT2D eigenvalue weighted by molar-refractivity contribution is 0.687. The van der Waals surface area contributed by atoms with Crippen LogP contribution in [0, 0.1) is 0 Å². The molecule has 0 radical (unpaired) electrons. The van der Waals surface area contributed by atoms with E-state index in [1.54, 1.807) is 0 Å². The largest absolute Gasteiger partial charge is 0.285 e. The number of hydrogen-bond acceptors (Lipinski definition) is 2. The third-order valence-electron chi connectivity index (χ3n) is 6.95. The molecule has 1 heterocycles. The molecule has 2 aromatic rings. The summed E-state index contributed by atoms with van der Waals surface area (Å²) in [5.41, 5.74) is 7.96. The summed E-state index contributed by atoms with van der Waals surface area (Å²) in [4.78, 5) is 8.98. The number of pyridine rings is 1. The van der Waals surface area contributed by atoms with E-state index in [2.05, 4.69) is 108 Å². The van der Waals surface area contributed by atoms with Gasteiger partial charge in [-0.15, -0.1) is 6.58 Å². The molecule has 1 aliphatic rings. The van der Waals surface area contributed by atoms with E-state index in [1.807, 2.05) is 36.6 Å². The highest BCUT2D eigenvalue weighted by Crippen LogP contribution is 2.39. The third kappa shape index (κ3) is 13.2. The van der Waals surface area contributed by atoms with Crippen molar-refractivity contribution in [1.82, 2.24) is 4.98 Å². The molecule has 0 bridgehead atoms. The highest BCUT2D eigenvalue weighted by molar-refractivity contribution is 5.92. The summed E-state index contributed by atoms with van der Waals surface area (Å²) in [6.45, 7) is 20.8. The van der Waals surface area contributed by atoms with Gasteiger partial charge in [0, 0.05) is 18.1 Å². The molecule has 1 aromatic carbocycles. The van der Waals surface area contributed by atoms with Crippen LogP contribution in [0.15, 0.2) is 108 Å². The molecule has 0 N–H and O–H groups in total. The molecule has 216 valence electrons. The normalized spacial score (nSPS) is 15.6. The van der Waals surface area contributed by atoms with Gasteiger partial charge in [-0.25, -0.2) is 0 Å². The number of aliphatic imine (C=N–C) groups is 1. The Labute approximate surface area is 246 Å². The standard InChI is InChI=1S/C26H33N.C8H11N.C4H10/c1-6-12-20(4)14-11-15-22-18-23(19-27-24(8-3)13-7-2)21(5)25-16-9-10-17-26(22)25;1-2-5-8-6-3-4-7-9-8;1-3-4-2/h6,8-12,14,16-17,19,22,24H,1,3,7,13,15,18H2,2,4-5H3;3-4,6-7H,2,5H2,1H3;3-4H2,1-2H3/b14-11-,20-12-,27-19?;;. The van der Waals surface area contributed by atoms with E-state index in [4.69, 9.17) is 4.99 Å². The summed E-state index contributed by atoms with van der Waals surface area (Å²) in [5, 5.41) is 0. The van der Waals surface area contributed by atoms with Gasteiger partial charge >= 0.3 is 0 Å². The van der Waals surface area contributed by atoms with Crippen molar-refractivity contribution in [3.63, 3.8) is 0 Å². The van der Waals surface area contributed by atoms with Crippen LogP contribution < -0.4 is 0 Å². The van der Waals surface area contributed by atoms with Crippen LogP contribution in [0.25, 0.3) is 5.57 Å². The summed E-state index contributed by atoms with van der Waals surface area (Å²) in [6, 6.07) is 15.1. The second-order valence-electron chi connectivity index (χ2n) is 10.4. The number of hydrogen-bond donors (Lipinski definition) is 0. The van der Waals surface area contributed by atoms with Gasteiger partial charge in [0.1, 0.15) is 0 Å². The molecule has 2 nitrogen and oxygen atoms in total. The minimum atomic E-state index is 0.220. The number of benzene rings is 1. The van der Waals surface area contributed by atoms with E-state index in [0.717, 1.165) is 32.1 Å². The minimum absolute atomic E-state index is 0.220. The zero-order chi connectivity index (χ0) is 29.6. The molecule has 2 atom stereocenters. The smallest absolute Gasteiger partial charge is 0.0677 e. The van der Waals surface area contributed by atoms with Crippen molar-refractivity contribution in [2.45, 2.75) is 105 Å². The van der Waals surface area contributed by atoms with E-state index in [9.17, 15) is 0 Å². The van der Waals surface area contributed by atoms with E-state index < -0.39 is 0 Å². The third-order valence-corrected chi connectivity index (χ3v) is 6.95. The molecule has 1 aromatic heterocycles. The van der Waals surface area contributed by atoms with E-state index >= 15 is 0 Å². The summed E-state index contributed by atoms with van der Waals surface area (Å²) < 4.78 is 0. The number of nitrogens with zero attached hydrogens (tertiary/aromatic N) is 2. The van der Waals surface area contributed by atoms with Gasteiger partial charge in [0.15, 0.2) is 0 Å². The first-order chi connectivity index (χ1) is 19.4. The Morgan fingerprint density at radius 3 is 2.33 bits per heavy atom. The van der Waals surface area contributed by atoms with Crippen LogP contribution in [-0.4, -0.2) is 17.2 Å². The Bertz CT molecular complexity index is 1100. The van der Waals surface area contributed by atoms with Crippen LogP contribution in [0.5, 0.6) is 0 Å². The number of aryl methyl sites for hydroxylation is 1. The van der Waals surface area contributed by atoms with Gasteiger partial charge < -0.3 is 0 Å². The highest BCUT2D eigenvalue weighted by atomic mass is 14.8. The lowest BCUT2D eigenvalue weighted by Gasteiger charge is -2.27. The zero-order valence-corrected chi connectivity index (χ0v) is 26.2. The lowest BCUT2D eigenvalue weighted by atomic mass is 9.78. The Hall–Kier alpha value is -3.26.